The number of Topliss-reactive ketones (excluding diaryl/α,β-unsaturated/α-hetero) is 3. The smallest absolute Gasteiger partial charge is 0.193 e. The molecule has 0 aromatic heterocycles. The zero-order chi connectivity index (χ0) is 24.6. The predicted octanol–water partition coefficient (Wildman–Crippen LogP) is 6.60. The van der Waals surface area contributed by atoms with E-state index >= 15 is 0 Å². The Morgan fingerprint density at radius 1 is 0.469 bits per heavy atom. The van der Waals surface area contributed by atoms with Crippen molar-refractivity contribution in [2.75, 3.05) is 0 Å². The molecule has 0 saturated carbocycles. The van der Waals surface area contributed by atoms with Crippen molar-refractivity contribution in [3.05, 3.63) is 70.3 Å². The van der Waals surface area contributed by atoms with Crippen LogP contribution in [0.4, 0.5) is 0 Å². The lowest BCUT2D eigenvalue weighted by atomic mass is 9.78. The highest BCUT2D eigenvalue weighted by molar-refractivity contribution is 6.15. The highest BCUT2D eigenvalue weighted by atomic mass is 16.1. The van der Waals surface area contributed by atoms with Crippen molar-refractivity contribution in [2.24, 2.45) is 16.2 Å². The van der Waals surface area contributed by atoms with E-state index < -0.39 is 16.2 Å². The molecule has 4 heteroatoms. The van der Waals surface area contributed by atoms with Gasteiger partial charge in [0.1, 0.15) is 0 Å². The average Bonchev–Trinajstić information content (AvgIpc) is 2.69. The van der Waals surface area contributed by atoms with Crippen molar-refractivity contribution in [2.45, 2.75) is 62.3 Å². The van der Waals surface area contributed by atoms with Crippen LogP contribution in [0.1, 0.15) is 109 Å². The fraction of sp³-hybridized carbons (Fsp3) is 0.429. The summed E-state index contributed by atoms with van der Waals surface area (Å²) in [6, 6.07) is 11.3. The average molecular weight is 435 g/mol. The van der Waals surface area contributed by atoms with Crippen LogP contribution in [0.25, 0.3) is 0 Å². The standard InChI is InChI=1S/C28H34O4/c1-26(2,3)23(30)18-12-10-17(11-13-18)22(29)19-14-15-20(24(31)27(4,5)6)21(16-19)25(32)28(7,8)9/h10-16H,1-9H3. The second-order valence-corrected chi connectivity index (χ2v) is 11.4. The van der Waals surface area contributed by atoms with Gasteiger partial charge in [0.15, 0.2) is 23.1 Å². The first-order valence-corrected chi connectivity index (χ1v) is 10.9. The van der Waals surface area contributed by atoms with Gasteiger partial charge in [-0.15, -0.1) is 0 Å². The molecule has 0 saturated heterocycles. The molecule has 2 aromatic rings. The van der Waals surface area contributed by atoms with E-state index in [1.807, 2.05) is 20.8 Å². The molecule has 2 rings (SSSR count). The van der Waals surface area contributed by atoms with Gasteiger partial charge in [0, 0.05) is 44.1 Å². The Morgan fingerprint density at radius 2 is 0.844 bits per heavy atom. The van der Waals surface area contributed by atoms with E-state index in [0.29, 0.717) is 22.3 Å². The van der Waals surface area contributed by atoms with E-state index in [1.54, 1.807) is 77.9 Å². The monoisotopic (exact) mass is 434 g/mol. The summed E-state index contributed by atoms with van der Waals surface area (Å²) in [5.41, 5.74) is 0.0183. The quantitative estimate of drug-likeness (QED) is 0.497. The Bertz CT molecular complexity index is 1070. The molecular formula is C28H34O4. The maximum absolute atomic E-state index is 13.1. The third-order valence-corrected chi connectivity index (χ3v) is 5.22. The Morgan fingerprint density at radius 3 is 1.28 bits per heavy atom. The van der Waals surface area contributed by atoms with Crippen LogP contribution in [0, 0.1) is 16.2 Å². The van der Waals surface area contributed by atoms with Gasteiger partial charge in [-0.1, -0.05) is 92.6 Å². The Hall–Kier alpha value is -2.88. The molecule has 170 valence electrons. The molecule has 0 atom stereocenters. The summed E-state index contributed by atoms with van der Waals surface area (Å²) >= 11 is 0. The number of hydrogen-bond acceptors (Lipinski definition) is 4. The Kier molecular flexibility index (Phi) is 6.80. The van der Waals surface area contributed by atoms with Gasteiger partial charge in [0.05, 0.1) is 0 Å². The second kappa shape index (κ2) is 8.57. The van der Waals surface area contributed by atoms with Gasteiger partial charge < -0.3 is 0 Å². The molecule has 0 unspecified atom stereocenters. The predicted molar refractivity (Wildman–Crippen MR) is 128 cm³/mol. The lowest BCUT2D eigenvalue weighted by Gasteiger charge is -2.23. The molecule has 0 amide bonds. The SMILES string of the molecule is CC(C)(C)C(=O)c1ccc(C(=O)c2ccc(C(=O)C(C)(C)C)c(C(=O)C(C)(C)C)c2)cc1. The van der Waals surface area contributed by atoms with Crippen molar-refractivity contribution in [1.29, 1.82) is 0 Å². The topological polar surface area (TPSA) is 68.3 Å². The first-order valence-electron chi connectivity index (χ1n) is 10.9. The van der Waals surface area contributed by atoms with Gasteiger partial charge in [-0.25, -0.2) is 0 Å². The first kappa shape index (κ1) is 25.4. The molecule has 0 aliphatic heterocycles. The van der Waals surface area contributed by atoms with Crippen LogP contribution in [0.2, 0.25) is 0 Å². The minimum Gasteiger partial charge on any atom is -0.294 e. The first-order chi connectivity index (χ1) is 14.4. The lowest BCUT2D eigenvalue weighted by molar-refractivity contribution is 0.0823. The van der Waals surface area contributed by atoms with E-state index in [1.165, 1.54) is 6.07 Å². The van der Waals surface area contributed by atoms with E-state index in [2.05, 4.69) is 0 Å². The van der Waals surface area contributed by atoms with Gasteiger partial charge in [-0.2, -0.15) is 0 Å². The minimum absolute atomic E-state index is 0.000366. The molecule has 0 bridgehead atoms. The van der Waals surface area contributed by atoms with Gasteiger partial charge in [0.2, 0.25) is 0 Å². The van der Waals surface area contributed by atoms with Gasteiger partial charge in [0.25, 0.3) is 0 Å². The largest absolute Gasteiger partial charge is 0.294 e. The fourth-order valence-electron chi connectivity index (χ4n) is 3.25. The summed E-state index contributed by atoms with van der Waals surface area (Å²) in [4.78, 5) is 51.7. The maximum Gasteiger partial charge on any atom is 0.193 e. The van der Waals surface area contributed by atoms with Crippen molar-refractivity contribution in [1.82, 2.24) is 0 Å². The molecular weight excluding hydrogens is 400 g/mol. The zero-order valence-electron chi connectivity index (χ0n) is 20.7. The van der Waals surface area contributed by atoms with Gasteiger partial charge in [-0.05, 0) is 12.1 Å². The van der Waals surface area contributed by atoms with Crippen LogP contribution in [-0.4, -0.2) is 23.1 Å². The number of ketones is 4. The van der Waals surface area contributed by atoms with E-state index in [-0.39, 0.29) is 28.7 Å². The molecule has 32 heavy (non-hydrogen) atoms. The third kappa shape index (κ3) is 5.48. The number of benzene rings is 2. The lowest BCUT2D eigenvalue weighted by Crippen LogP contribution is -2.27. The molecule has 0 aliphatic carbocycles. The summed E-state index contributed by atoms with van der Waals surface area (Å²) in [6.07, 6.45) is 0. The van der Waals surface area contributed by atoms with Crippen molar-refractivity contribution < 1.29 is 19.2 Å². The van der Waals surface area contributed by atoms with Gasteiger partial charge >= 0.3 is 0 Å². The third-order valence-electron chi connectivity index (χ3n) is 5.22. The maximum atomic E-state index is 13.1. The summed E-state index contributed by atoms with van der Waals surface area (Å²) < 4.78 is 0. The Balaban J connectivity index is 2.52. The van der Waals surface area contributed by atoms with Crippen LogP contribution >= 0.6 is 0 Å². The van der Waals surface area contributed by atoms with Crippen molar-refractivity contribution in [3.8, 4) is 0 Å². The molecule has 0 aliphatic rings. The molecule has 4 nitrogen and oxygen atoms in total. The highest BCUT2D eigenvalue weighted by Gasteiger charge is 2.32. The van der Waals surface area contributed by atoms with Crippen molar-refractivity contribution >= 4 is 23.1 Å². The minimum atomic E-state index is -0.705. The summed E-state index contributed by atoms with van der Waals surface area (Å²) in [5, 5.41) is 0. The van der Waals surface area contributed by atoms with Crippen molar-refractivity contribution in [3.63, 3.8) is 0 Å². The Labute approximate surface area is 191 Å². The molecule has 0 fully saturated rings. The van der Waals surface area contributed by atoms with E-state index in [9.17, 15) is 19.2 Å². The number of carbonyl (C=O) groups excluding carboxylic acids is 4. The summed E-state index contributed by atoms with van der Waals surface area (Å²) in [6.45, 7) is 16.3. The molecule has 0 spiro atoms. The van der Waals surface area contributed by atoms with E-state index in [0.717, 1.165) is 0 Å². The second-order valence-electron chi connectivity index (χ2n) is 11.4. The van der Waals surface area contributed by atoms with Gasteiger partial charge in [-0.3, -0.25) is 19.2 Å². The van der Waals surface area contributed by atoms with Crippen LogP contribution in [0.15, 0.2) is 42.5 Å². The molecule has 0 N–H and O–H groups in total. The zero-order valence-corrected chi connectivity index (χ0v) is 20.7. The number of carbonyl (C=O) groups is 4. The fourth-order valence-corrected chi connectivity index (χ4v) is 3.25. The van der Waals surface area contributed by atoms with Crippen LogP contribution in [0.5, 0.6) is 0 Å². The molecule has 2 aromatic carbocycles. The van der Waals surface area contributed by atoms with Crippen LogP contribution in [-0.2, 0) is 0 Å². The summed E-state index contributed by atoms with van der Waals surface area (Å²) in [5.74, 6) is -0.600. The molecule has 0 heterocycles. The molecule has 0 radical (unpaired) electrons. The van der Waals surface area contributed by atoms with E-state index in [4.69, 9.17) is 0 Å². The summed E-state index contributed by atoms with van der Waals surface area (Å²) in [7, 11) is 0. The highest BCUT2D eigenvalue weighted by Crippen LogP contribution is 2.30. The number of rotatable bonds is 5. The van der Waals surface area contributed by atoms with Crippen LogP contribution < -0.4 is 0 Å². The number of hydrogen-bond donors (Lipinski definition) is 0. The normalized spacial score (nSPS) is 12.4. The van der Waals surface area contributed by atoms with Crippen LogP contribution in [0.3, 0.4) is 0 Å².